The summed E-state index contributed by atoms with van der Waals surface area (Å²) in [6, 6.07) is 18.1. The quantitative estimate of drug-likeness (QED) is 0.446. The van der Waals surface area contributed by atoms with Gasteiger partial charge in [-0.1, -0.05) is 80.4 Å². The minimum Gasteiger partial charge on any atom is -0.354 e. The predicted octanol–water partition coefficient (Wildman–Crippen LogP) is 4.99. The summed E-state index contributed by atoms with van der Waals surface area (Å²) >= 11 is 1.61. The molecule has 168 valence electrons. The lowest BCUT2D eigenvalue weighted by atomic mass is 10.1. The van der Waals surface area contributed by atoms with Crippen molar-refractivity contribution in [3.63, 3.8) is 0 Å². The third-order valence-corrected chi connectivity index (χ3v) is 6.30. The number of nitrogens with one attached hydrogen (secondary N) is 1. The normalized spacial score (nSPS) is 11.7. The van der Waals surface area contributed by atoms with Gasteiger partial charge in [-0.15, -0.1) is 11.8 Å². The van der Waals surface area contributed by atoms with Crippen molar-refractivity contribution in [2.24, 2.45) is 0 Å². The van der Waals surface area contributed by atoms with E-state index in [1.165, 1.54) is 16.7 Å². The molecule has 0 aliphatic heterocycles. The van der Waals surface area contributed by atoms with Crippen LogP contribution in [0.1, 0.15) is 49.8 Å². The molecule has 0 aliphatic carbocycles. The summed E-state index contributed by atoms with van der Waals surface area (Å²) in [5, 5.41) is 3.02. The first-order chi connectivity index (χ1) is 15.0. The molecule has 0 fully saturated rings. The molecule has 5 heteroatoms. The molecule has 1 N–H and O–H groups in total. The molecule has 0 radical (unpaired) electrons. The zero-order valence-electron chi connectivity index (χ0n) is 19.1. The van der Waals surface area contributed by atoms with Gasteiger partial charge in [0.25, 0.3) is 0 Å². The molecule has 0 aromatic heterocycles. The van der Waals surface area contributed by atoms with E-state index < -0.39 is 6.04 Å². The maximum atomic E-state index is 13.2. The van der Waals surface area contributed by atoms with Crippen molar-refractivity contribution in [2.75, 3.05) is 18.8 Å². The molecule has 1 atom stereocenters. The van der Waals surface area contributed by atoms with Crippen LogP contribution in [0.3, 0.4) is 0 Å². The zero-order chi connectivity index (χ0) is 22.5. The summed E-state index contributed by atoms with van der Waals surface area (Å²) in [7, 11) is 0. The molecular weight excluding hydrogens is 404 g/mol. The van der Waals surface area contributed by atoms with Gasteiger partial charge in [0.15, 0.2) is 0 Å². The summed E-state index contributed by atoms with van der Waals surface area (Å²) in [6.07, 6.45) is 3.34. The molecule has 2 rings (SSSR count). The fourth-order valence-corrected chi connectivity index (χ4v) is 4.30. The Labute approximate surface area is 191 Å². The van der Waals surface area contributed by atoms with Crippen LogP contribution in [0.2, 0.25) is 0 Å². The van der Waals surface area contributed by atoms with E-state index in [1.54, 1.807) is 16.7 Å². The second-order valence-corrected chi connectivity index (χ2v) is 8.86. The number of aryl methyl sites for hydroxylation is 1. The Morgan fingerprint density at radius 1 is 1.00 bits per heavy atom. The molecule has 0 spiro atoms. The first-order valence-electron chi connectivity index (χ1n) is 11.3. The molecule has 0 bridgehead atoms. The Morgan fingerprint density at radius 3 is 2.35 bits per heavy atom. The van der Waals surface area contributed by atoms with Crippen LogP contribution in [0.15, 0.2) is 54.6 Å². The van der Waals surface area contributed by atoms with E-state index in [9.17, 15) is 9.59 Å². The highest BCUT2D eigenvalue weighted by Gasteiger charge is 2.27. The van der Waals surface area contributed by atoms with Gasteiger partial charge >= 0.3 is 0 Å². The summed E-state index contributed by atoms with van der Waals surface area (Å²) in [4.78, 5) is 27.8. The van der Waals surface area contributed by atoms with E-state index in [0.717, 1.165) is 25.0 Å². The maximum absolute atomic E-state index is 13.2. The number of benzene rings is 2. The maximum Gasteiger partial charge on any atom is 0.242 e. The summed E-state index contributed by atoms with van der Waals surface area (Å²) in [6.45, 7) is 7.36. The molecule has 4 nitrogen and oxygen atoms in total. The van der Waals surface area contributed by atoms with Crippen molar-refractivity contribution >= 4 is 23.6 Å². The van der Waals surface area contributed by atoms with Crippen molar-refractivity contribution in [3.8, 4) is 0 Å². The molecule has 0 saturated heterocycles. The summed E-state index contributed by atoms with van der Waals surface area (Å²) in [5.74, 6) is 1.16. The fourth-order valence-electron chi connectivity index (χ4n) is 3.43. The van der Waals surface area contributed by atoms with Crippen LogP contribution in [0, 0.1) is 6.92 Å². The number of carbonyl (C=O) groups is 2. The molecular formula is C26H36N2O2S. The Bertz CT molecular complexity index is 793. The topological polar surface area (TPSA) is 49.4 Å². The lowest BCUT2D eigenvalue weighted by Crippen LogP contribution is -2.50. The van der Waals surface area contributed by atoms with Crippen LogP contribution >= 0.6 is 11.8 Å². The highest BCUT2D eigenvalue weighted by atomic mass is 32.2. The van der Waals surface area contributed by atoms with E-state index in [2.05, 4.69) is 55.6 Å². The fraction of sp³-hybridized carbons (Fsp3) is 0.462. The van der Waals surface area contributed by atoms with Gasteiger partial charge in [-0.2, -0.15) is 0 Å². The molecule has 1 unspecified atom stereocenters. The van der Waals surface area contributed by atoms with Crippen LogP contribution in [0.4, 0.5) is 0 Å². The highest BCUT2D eigenvalue weighted by molar-refractivity contribution is 7.99. The van der Waals surface area contributed by atoms with E-state index in [-0.39, 0.29) is 11.8 Å². The Morgan fingerprint density at radius 2 is 1.71 bits per heavy atom. The molecule has 0 heterocycles. The molecule has 0 aliphatic rings. The minimum atomic E-state index is -0.423. The number of thioether (sulfide) groups is 1. The summed E-state index contributed by atoms with van der Waals surface area (Å²) in [5.41, 5.74) is 3.62. The average Bonchev–Trinajstić information content (AvgIpc) is 2.78. The van der Waals surface area contributed by atoms with Gasteiger partial charge < -0.3 is 10.2 Å². The van der Waals surface area contributed by atoms with Gasteiger partial charge in [0.2, 0.25) is 11.8 Å². The van der Waals surface area contributed by atoms with Crippen LogP contribution in [-0.4, -0.2) is 41.6 Å². The van der Waals surface area contributed by atoms with Crippen molar-refractivity contribution in [1.82, 2.24) is 10.2 Å². The molecule has 2 aromatic carbocycles. The van der Waals surface area contributed by atoms with Crippen molar-refractivity contribution in [2.45, 2.75) is 58.2 Å². The van der Waals surface area contributed by atoms with Crippen LogP contribution in [0.5, 0.6) is 0 Å². The zero-order valence-corrected chi connectivity index (χ0v) is 19.9. The predicted molar refractivity (Wildman–Crippen MR) is 131 cm³/mol. The Kier molecular flexibility index (Phi) is 11.2. The highest BCUT2D eigenvalue weighted by Crippen LogP contribution is 2.16. The molecule has 31 heavy (non-hydrogen) atoms. The van der Waals surface area contributed by atoms with Gasteiger partial charge in [-0.25, -0.2) is 0 Å². The Balaban J connectivity index is 2.02. The van der Waals surface area contributed by atoms with Crippen molar-refractivity contribution in [1.29, 1.82) is 0 Å². The number of amides is 2. The SMILES string of the molecule is CCCCNC(=O)C(CC)N(CCc1ccccc1)C(=O)CSCc1ccc(C)cc1. The minimum absolute atomic E-state index is 0.0329. The standard InChI is InChI=1S/C26H36N2O2S/c1-4-6-17-27-26(30)24(5-2)28(18-16-22-10-8-7-9-11-22)25(29)20-31-19-23-14-12-21(3)13-15-23/h7-15,24H,4-6,16-20H2,1-3H3,(H,27,30). The Hall–Kier alpha value is -2.27. The first kappa shape index (κ1) is 25.0. The number of unbranched alkanes of at least 4 members (excludes halogenated alkanes) is 1. The van der Waals surface area contributed by atoms with Gasteiger partial charge in [-0.3, -0.25) is 9.59 Å². The third kappa shape index (κ3) is 8.78. The first-order valence-corrected chi connectivity index (χ1v) is 12.4. The number of hydrogen-bond acceptors (Lipinski definition) is 3. The van der Waals surface area contributed by atoms with E-state index in [1.807, 2.05) is 25.1 Å². The number of hydrogen-bond donors (Lipinski definition) is 1. The lowest BCUT2D eigenvalue weighted by Gasteiger charge is -2.30. The van der Waals surface area contributed by atoms with Crippen LogP contribution in [0.25, 0.3) is 0 Å². The lowest BCUT2D eigenvalue weighted by molar-refractivity contribution is -0.138. The number of carbonyl (C=O) groups excluding carboxylic acids is 2. The van der Waals surface area contributed by atoms with Gasteiger partial charge in [0.1, 0.15) is 6.04 Å². The van der Waals surface area contributed by atoms with E-state index in [4.69, 9.17) is 0 Å². The van der Waals surface area contributed by atoms with E-state index in [0.29, 0.717) is 25.3 Å². The van der Waals surface area contributed by atoms with Crippen molar-refractivity contribution < 1.29 is 9.59 Å². The number of nitrogens with zero attached hydrogens (tertiary/aromatic N) is 1. The summed E-state index contributed by atoms with van der Waals surface area (Å²) < 4.78 is 0. The third-order valence-electron chi connectivity index (χ3n) is 5.31. The van der Waals surface area contributed by atoms with Crippen molar-refractivity contribution in [3.05, 3.63) is 71.3 Å². The van der Waals surface area contributed by atoms with E-state index >= 15 is 0 Å². The number of rotatable bonds is 13. The van der Waals surface area contributed by atoms with Crippen LogP contribution in [-0.2, 0) is 21.8 Å². The largest absolute Gasteiger partial charge is 0.354 e. The second-order valence-electron chi connectivity index (χ2n) is 7.87. The molecule has 0 saturated carbocycles. The van der Waals surface area contributed by atoms with Gasteiger partial charge in [0, 0.05) is 18.8 Å². The average molecular weight is 441 g/mol. The molecule has 2 amide bonds. The van der Waals surface area contributed by atoms with Gasteiger partial charge in [0.05, 0.1) is 5.75 Å². The van der Waals surface area contributed by atoms with Gasteiger partial charge in [-0.05, 0) is 37.3 Å². The monoisotopic (exact) mass is 440 g/mol. The molecule has 2 aromatic rings. The van der Waals surface area contributed by atoms with Crippen LogP contribution < -0.4 is 5.32 Å². The second kappa shape index (κ2) is 13.9. The smallest absolute Gasteiger partial charge is 0.242 e.